The van der Waals surface area contributed by atoms with E-state index in [1.54, 1.807) is 12.1 Å². The van der Waals surface area contributed by atoms with Crippen molar-refractivity contribution >= 4 is 51.4 Å². The Morgan fingerprint density at radius 3 is 2.26 bits per heavy atom. The summed E-state index contributed by atoms with van der Waals surface area (Å²) in [7, 11) is 2.53. The lowest BCUT2D eigenvalue weighted by Crippen LogP contribution is -2.20. The van der Waals surface area contributed by atoms with Gasteiger partial charge < -0.3 is 25.4 Å². The van der Waals surface area contributed by atoms with Crippen molar-refractivity contribution in [1.29, 1.82) is 0 Å². The van der Waals surface area contributed by atoms with E-state index in [1.165, 1.54) is 26.6 Å². The minimum Gasteiger partial charge on any atom is -0.465 e. The molecule has 0 aliphatic heterocycles. The van der Waals surface area contributed by atoms with Crippen molar-refractivity contribution in [3.8, 4) is 0 Å². The summed E-state index contributed by atoms with van der Waals surface area (Å²) in [5.41, 5.74) is 8.57. The number of nitrogens with one attached hydrogen (secondary N) is 1. The molecule has 3 aromatic carbocycles. The Morgan fingerprint density at radius 1 is 0.943 bits per heavy atom. The van der Waals surface area contributed by atoms with Crippen molar-refractivity contribution in [3.63, 3.8) is 0 Å². The van der Waals surface area contributed by atoms with Gasteiger partial charge in [-0.05, 0) is 36.6 Å². The summed E-state index contributed by atoms with van der Waals surface area (Å²) in [6, 6.07) is 18.6. The average Bonchev–Trinajstić information content (AvgIpc) is 2.90. The molecule has 4 aromatic rings. The van der Waals surface area contributed by atoms with E-state index in [0.717, 1.165) is 16.5 Å². The summed E-state index contributed by atoms with van der Waals surface area (Å²) < 4.78 is 9.61. The summed E-state index contributed by atoms with van der Waals surface area (Å²) >= 11 is 0. The first kappa shape index (κ1) is 23.5. The van der Waals surface area contributed by atoms with Gasteiger partial charge in [0.25, 0.3) is 0 Å². The third-order valence-corrected chi connectivity index (χ3v) is 5.53. The summed E-state index contributed by atoms with van der Waals surface area (Å²) in [6.45, 7) is 2.62. The number of esters is 2. The van der Waals surface area contributed by atoms with Crippen molar-refractivity contribution in [2.45, 2.75) is 6.92 Å². The number of methoxy groups -OCH3 is 2. The zero-order valence-electron chi connectivity index (χ0n) is 19.6. The van der Waals surface area contributed by atoms with Crippen LogP contribution in [0.25, 0.3) is 10.8 Å². The van der Waals surface area contributed by atoms with E-state index in [2.05, 4.69) is 33.5 Å². The van der Waals surface area contributed by atoms with Crippen molar-refractivity contribution in [2.24, 2.45) is 0 Å². The Hall–Kier alpha value is -4.66. The number of benzene rings is 3. The second-order valence-electron chi connectivity index (χ2n) is 7.61. The second-order valence-corrected chi connectivity index (χ2v) is 7.61. The molecule has 0 radical (unpaired) electrons. The number of carbonyl (C=O) groups excluding carboxylic acids is 2. The number of fused-ring (bicyclic) bond motifs is 1. The number of nitrogen functional groups attached to an aromatic ring is 1. The molecule has 0 aliphatic rings. The minimum atomic E-state index is -0.594. The highest BCUT2D eigenvalue weighted by Gasteiger charge is 2.19. The first-order valence-electron chi connectivity index (χ1n) is 10.9. The van der Waals surface area contributed by atoms with E-state index in [9.17, 15) is 9.59 Å². The fraction of sp³-hybridized carbons (Fsp3) is 0.154. The molecule has 0 aliphatic carbocycles. The zero-order valence-corrected chi connectivity index (χ0v) is 19.6. The highest BCUT2D eigenvalue weighted by atomic mass is 16.5. The van der Waals surface area contributed by atoms with Crippen LogP contribution >= 0.6 is 0 Å². The van der Waals surface area contributed by atoms with Gasteiger partial charge in [0.1, 0.15) is 12.0 Å². The number of nitrogens with two attached hydrogens (primary N) is 1. The number of ether oxygens (including phenoxy) is 2. The number of hydrogen-bond donors (Lipinski definition) is 2. The molecule has 0 atom stereocenters. The van der Waals surface area contributed by atoms with E-state index in [0.29, 0.717) is 29.6 Å². The Labute approximate surface area is 202 Å². The molecule has 0 fully saturated rings. The maximum atomic E-state index is 12.1. The molecular formula is C26H25N5O4. The van der Waals surface area contributed by atoms with Gasteiger partial charge in [0.05, 0.1) is 31.0 Å². The maximum absolute atomic E-state index is 12.1. The molecule has 0 bridgehead atoms. The maximum Gasteiger partial charge on any atom is 0.337 e. The summed E-state index contributed by atoms with van der Waals surface area (Å²) in [4.78, 5) is 35.0. The van der Waals surface area contributed by atoms with Gasteiger partial charge in [0.15, 0.2) is 11.6 Å². The van der Waals surface area contributed by atoms with Crippen LogP contribution in [0.5, 0.6) is 0 Å². The van der Waals surface area contributed by atoms with Gasteiger partial charge in [-0.15, -0.1) is 0 Å². The molecule has 1 heterocycles. The van der Waals surface area contributed by atoms with Crippen LogP contribution in [-0.4, -0.2) is 42.7 Å². The van der Waals surface area contributed by atoms with Crippen molar-refractivity contribution in [2.75, 3.05) is 36.7 Å². The van der Waals surface area contributed by atoms with Crippen LogP contribution in [0.2, 0.25) is 0 Å². The average molecular weight is 472 g/mol. The predicted molar refractivity (Wildman–Crippen MR) is 135 cm³/mol. The van der Waals surface area contributed by atoms with Gasteiger partial charge >= 0.3 is 11.9 Å². The highest BCUT2D eigenvalue weighted by molar-refractivity contribution is 5.99. The smallest absolute Gasteiger partial charge is 0.337 e. The van der Waals surface area contributed by atoms with Crippen LogP contribution in [0.1, 0.15) is 27.6 Å². The molecule has 1 aromatic heterocycles. The quantitative estimate of drug-likeness (QED) is 0.370. The van der Waals surface area contributed by atoms with Gasteiger partial charge in [-0.25, -0.2) is 19.6 Å². The van der Waals surface area contributed by atoms with Crippen LogP contribution in [0.3, 0.4) is 0 Å². The third-order valence-electron chi connectivity index (χ3n) is 5.53. The Morgan fingerprint density at radius 2 is 1.60 bits per heavy atom. The van der Waals surface area contributed by atoms with E-state index in [4.69, 9.17) is 15.2 Å². The van der Waals surface area contributed by atoms with Gasteiger partial charge in [0, 0.05) is 17.6 Å². The molecule has 0 saturated carbocycles. The second kappa shape index (κ2) is 10.1. The third kappa shape index (κ3) is 4.70. The number of hydrogen-bond acceptors (Lipinski definition) is 9. The SMILES string of the molecule is CCN(c1ncnc(Nc2cc(C(=O)OC)cc(C(=O)OC)c2)c1N)c1cccc2ccccc12. The predicted octanol–water partition coefficient (Wildman–Crippen LogP) is 4.69. The normalized spacial score (nSPS) is 10.6. The molecule has 9 heteroatoms. The number of aromatic nitrogens is 2. The Bertz CT molecular complexity index is 1370. The van der Waals surface area contributed by atoms with Gasteiger partial charge in [-0.2, -0.15) is 0 Å². The molecule has 0 spiro atoms. The fourth-order valence-electron chi connectivity index (χ4n) is 3.89. The number of anilines is 5. The molecule has 0 saturated heterocycles. The van der Waals surface area contributed by atoms with Crippen LogP contribution in [-0.2, 0) is 9.47 Å². The summed E-state index contributed by atoms with van der Waals surface area (Å²) in [5, 5.41) is 5.27. The molecule has 35 heavy (non-hydrogen) atoms. The van der Waals surface area contributed by atoms with E-state index in [1.807, 2.05) is 36.1 Å². The molecule has 9 nitrogen and oxygen atoms in total. The van der Waals surface area contributed by atoms with Gasteiger partial charge in [-0.1, -0.05) is 36.4 Å². The van der Waals surface area contributed by atoms with Crippen LogP contribution in [0, 0.1) is 0 Å². The molecule has 3 N–H and O–H groups in total. The molecule has 4 rings (SSSR count). The largest absolute Gasteiger partial charge is 0.465 e. The molecule has 0 amide bonds. The monoisotopic (exact) mass is 471 g/mol. The number of rotatable bonds is 7. The lowest BCUT2D eigenvalue weighted by molar-refractivity contribution is 0.0599. The van der Waals surface area contributed by atoms with Crippen LogP contribution in [0.4, 0.5) is 28.7 Å². The van der Waals surface area contributed by atoms with Crippen molar-refractivity contribution in [1.82, 2.24) is 9.97 Å². The first-order chi connectivity index (χ1) is 17.0. The zero-order chi connectivity index (χ0) is 24.9. The van der Waals surface area contributed by atoms with Gasteiger partial charge in [0.2, 0.25) is 0 Å². The standard InChI is InChI=1S/C26H25N5O4/c1-4-31(21-11-7-9-16-8-5-6-10-20(16)21)24-22(27)23(28-15-29-24)30-19-13-17(25(32)34-2)12-18(14-19)26(33)35-3/h5-15H,4,27H2,1-3H3,(H,28,29,30). The van der Waals surface area contributed by atoms with E-state index >= 15 is 0 Å². The molecular weight excluding hydrogens is 446 g/mol. The van der Waals surface area contributed by atoms with Gasteiger partial charge in [-0.3, -0.25) is 0 Å². The van der Waals surface area contributed by atoms with E-state index < -0.39 is 11.9 Å². The summed E-state index contributed by atoms with van der Waals surface area (Å²) in [5.74, 6) is -0.336. The Kier molecular flexibility index (Phi) is 6.77. The summed E-state index contributed by atoms with van der Waals surface area (Å²) in [6.07, 6.45) is 1.41. The topological polar surface area (TPSA) is 120 Å². The Balaban J connectivity index is 1.76. The first-order valence-corrected chi connectivity index (χ1v) is 10.9. The molecule has 178 valence electrons. The fourth-order valence-corrected chi connectivity index (χ4v) is 3.89. The number of carbonyl (C=O) groups is 2. The van der Waals surface area contributed by atoms with E-state index in [-0.39, 0.29) is 11.1 Å². The van der Waals surface area contributed by atoms with Crippen molar-refractivity contribution < 1.29 is 19.1 Å². The lowest BCUT2D eigenvalue weighted by Gasteiger charge is -2.25. The minimum absolute atomic E-state index is 0.177. The van der Waals surface area contributed by atoms with Crippen molar-refractivity contribution in [3.05, 3.63) is 78.1 Å². The highest BCUT2D eigenvalue weighted by Crippen LogP contribution is 2.36. The van der Waals surface area contributed by atoms with Crippen LogP contribution < -0.4 is 16.0 Å². The lowest BCUT2D eigenvalue weighted by atomic mass is 10.1. The van der Waals surface area contributed by atoms with Crippen LogP contribution in [0.15, 0.2) is 67.0 Å². The molecule has 0 unspecified atom stereocenters. The number of nitrogens with zero attached hydrogens (tertiary/aromatic N) is 3.